The molecule has 1 unspecified atom stereocenters. The largest absolute Gasteiger partial charge is 0.118 e. The minimum atomic E-state index is 0.256. The van der Waals surface area contributed by atoms with E-state index in [-0.39, 0.29) is 5.38 Å². The van der Waals surface area contributed by atoms with Gasteiger partial charge in [0.05, 0.1) is 5.38 Å². The molecule has 1 aromatic carbocycles. The third-order valence-electron chi connectivity index (χ3n) is 3.33. The maximum absolute atomic E-state index is 6.52. The van der Waals surface area contributed by atoms with Crippen molar-refractivity contribution in [1.29, 1.82) is 0 Å². The molecule has 0 heterocycles. The Balaban J connectivity index is 2.31. The molecule has 0 amide bonds. The molecule has 0 nitrogen and oxygen atoms in total. The van der Waals surface area contributed by atoms with Crippen LogP contribution in [0.5, 0.6) is 0 Å². The highest BCUT2D eigenvalue weighted by molar-refractivity contribution is 6.21. The number of aryl methyl sites for hydroxylation is 2. The molecule has 1 aromatic rings. The van der Waals surface area contributed by atoms with Gasteiger partial charge in [-0.05, 0) is 48.3 Å². The standard InChI is InChI=1S/C14H19Cl/c1-3-10-5-6-11(4-2)13(9-10)14(15)12-7-8-12/h5-6,9,12,14H,3-4,7-8H2,1-2H3. The quantitative estimate of drug-likeness (QED) is 0.658. The first-order valence-electron chi connectivity index (χ1n) is 6.02. The zero-order chi connectivity index (χ0) is 10.8. The van der Waals surface area contributed by atoms with E-state index in [0.29, 0.717) is 0 Å². The summed E-state index contributed by atoms with van der Waals surface area (Å²) in [5, 5.41) is 0.256. The average molecular weight is 223 g/mol. The monoisotopic (exact) mass is 222 g/mol. The summed E-state index contributed by atoms with van der Waals surface area (Å²) in [4.78, 5) is 0. The van der Waals surface area contributed by atoms with E-state index in [4.69, 9.17) is 11.6 Å². The minimum Gasteiger partial charge on any atom is -0.118 e. The highest BCUT2D eigenvalue weighted by Crippen LogP contribution is 2.46. The van der Waals surface area contributed by atoms with Gasteiger partial charge in [-0.2, -0.15) is 0 Å². The Bertz CT molecular complexity index is 339. The number of alkyl halides is 1. The van der Waals surface area contributed by atoms with Crippen molar-refractivity contribution in [1.82, 2.24) is 0 Å². The molecule has 82 valence electrons. The Morgan fingerprint density at radius 2 is 2.00 bits per heavy atom. The van der Waals surface area contributed by atoms with Crippen LogP contribution in [0.1, 0.15) is 48.8 Å². The minimum absolute atomic E-state index is 0.256. The Morgan fingerprint density at radius 1 is 1.27 bits per heavy atom. The molecular weight excluding hydrogens is 204 g/mol. The number of hydrogen-bond acceptors (Lipinski definition) is 0. The van der Waals surface area contributed by atoms with Gasteiger partial charge in [0, 0.05) is 0 Å². The Kier molecular flexibility index (Phi) is 3.35. The number of hydrogen-bond donors (Lipinski definition) is 0. The molecule has 0 saturated heterocycles. The molecule has 2 rings (SSSR count). The van der Waals surface area contributed by atoms with E-state index in [1.165, 1.54) is 29.5 Å². The van der Waals surface area contributed by atoms with Crippen LogP contribution in [-0.2, 0) is 12.8 Å². The van der Waals surface area contributed by atoms with Gasteiger partial charge in [0.2, 0.25) is 0 Å². The van der Waals surface area contributed by atoms with Gasteiger partial charge < -0.3 is 0 Å². The first-order valence-corrected chi connectivity index (χ1v) is 6.45. The van der Waals surface area contributed by atoms with Crippen molar-refractivity contribution in [3.63, 3.8) is 0 Å². The molecule has 0 bridgehead atoms. The second-order valence-corrected chi connectivity index (χ2v) is 4.95. The van der Waals surface area contributed by atoms with Crippen LogP contribution in [0, 0.1) is 5.92 Å². The van der Waals surface area contributed by atoms with E-state index < -0.39 is 0 Å². The molecule has 0 aromatic heterocycles. The van der Waals surface area contributed by atoms with E-state index >= 15 is 0 Å². The predicted octanol–water partition coefficient (Wildman–Crippen LogP) is 4.50. The van der Waals surface area contributed by atoms with Crippen LogP contribution < -0.4 is 0 Å². The van der Waals surface area contributed by atoms with E-state index in [9.17, 15) is 0 Å². The average Bonchev–Trinajstić information content (AvgIpc) is 3.11. The van der Waals surface area contributed by atoms with Gasteiger partial charge in [-0.25, -0.2) is 0 Å². The number of benzene rings is 1. The summed E-state index contributed by atoms with van der Waals surface area (Å²) in [5.74, 6) is 0.740. The molecule has 1 aliphatic carbocycles. The van der Waals surface area contributed by atoms with E-state index in [1.807, 2.05) is 0 Å². The fraction of sp³-hybridized carbons (Fsp3) is 0.571. The lowest BCUT2D eigenvalue weighted by molar-refractivity contribution is 0.784. The first kappa shape index (κ1) is 11.0. The van der Waals surface area contributed by atoms with Crippen molar-refractivity contribution in [2.75, 3.05) is 0 Å². The fourth-order valence-electron chi connectivity index (χ4n) is 2.09. The molecule has 0 N–H and O–H groups in total. The summed E-state index contributed by atoms with van der Waals surface area (Å²) >= 11 is 6.52. The van der Waals surface area contributed by atoms with Crippen LogP contribution in [-0.4, -0.2) is 0 Å². The van der Waals surface area contributed by atoms with Crippen molar-refractivity contribution in [3.05, 3.63) is 34.9 Å². The summed E-state index contributed by atoms with van der Waals surface area (Å²) in [6.45, 7) is 4.41. The lowest BCUT2D eigenvalue weighted by Gasteiger charge is -2.14. The molecule has 0 spiro atoms. The highest BCUT2D eigenvalue weighted by Gasteiger charge is 2.31. The van der Waals surface area contributed by atoms with Crippen molar-refractivity contribution < 1.29 is 0 Å². The molecule has 1 saturated carbocycles. The van der Waals surface area contributed by atoms with Gasteiger partial charge >= 0.3 is 0 Å². The van der Waals surface area contributed by atoms with Crippen LogP contribution in [0.25, 0.3) is 0 Å². The first-order chi connectivity index (χ1) is 7.26. The zero-order valence-electron chi connectivity index (χ0n) is 9.59. The van der Waals surface area contributed by atoms with Crippen LogP contribution in [0.2, 0.25) is 0 Å². The van der Waals surface area contributed by atoms with Crippen molar-refractivity contribution in [2.45, 2.75) is 44.9 Å². The molecule has 1 aliphatic rings. The summed E-state index contributed by atoms with van der Waals surface area (Å²) in [5.41, 5.74) is 4.23. The number of rotatable bonds is 4. The molecule has 1 heteroatoms. The normalized spacial score (nSPS) is 17.8. The van der Waals surface area contributed by atoms with E-state index in [1.54, 1.807) is 0 Å². The molecule has 0 radical (unpaired) electrons. The highest BCUT2D eigenvalue weighted by atomic mass is 35.5. The maximum Gasteiger partial charge on any atom is 0.0616 e. The van der Waals surface area contributed by atoms with Gasteiger partial charge in [-0.15, -0.1) is 11.6 Å². The van der Waals surface area contributed by atoms with Crippen molar-refractivity contribution in [2.24, 2.45) is 5.92 Å². The van der Waals surface area contributed by atoms with Crippen molar-refractivity contribution in [3.8, 4) is 0 Å². The summed E-state index contributed by atoms with van der Waals surface area (Å²) < 4.78 is 0. The smallest absolute Gasteiger partial charge is 0.0616 e. The maximum atomic E-state index is 6.52. The van der Waals surface area contributed by atoms with Crippen LogP contribution >= 0.6 is 11.6 Å². The Morgan fingerprint density at radius 3 is 2.53 bits per heavy atom. The Labute approximate surface area is 97.6 Å². The summed E-state index contributed by atoms with van der Waals surface area (Å²) in [6, 6.07) is 6.81. The van der Waals surface area contributed by atoms with Gasteiger partial charge in [0.25, 0.3) is 0 Å². The molecule has 0 aliphatic heterocycles. The molecule has 15 heavy (non-hydrogen) atoms. The van der Waals surface area contributed by atoms with Gasteiger partial charge in [0.15, 0.2) is 0 Å². The third-order valence-corrected chi connectivity index (χ3v) is 3.92. The van der Waals surface area contributed by atoms with Crippen LogP contribution in [0.15, 0.2) is 18.2 Å². The molecular formula is C14H19Cl. The second-order valence-electron chi connectivity index (χ2n) is 4.48. The Hall–Kier alpha value is -0.490. The van der Waals surface area contributed by atoms with Crippen LogP contribution in [0.3, 0.4) is 0 Å². The SMILES string of the molecule is CCc1ccc(CC)c(C(Cl)C2CC2)c1. The van der Waals surface area contributed by atoms with Gasteiger partial charge in [0.1, 0.15) is 0 Å². The number of halogens is 1. The summed E-state index contributed by atoms with van der Waals surface area (Å²) in [7, 11) is 0. The predicted molar refractivity (Wildman–Crippen MR) is 66.5 cm³/mol. The van der Waals surface area contributed by atoms with Crippen LogP contribution in [0.4, 0.5) is 0 Å². The lowest BCUT2D eigenvalue weighted by Crippen LogP contribution is -1.99. The van der Waals surface area contributed by atoms with Crippen molar-refractivity contribution >= 4 is 11.6 Å². The second kappa shape index (κ2) is 4.57. The fourth-order valence-corrected chi connectivity index (χ4v) is 2.54. The molecule has 1 fully saturated rings. The zero-order valence-corrected chi connectivity index (χ0v) is 10.3. The van der Waals surface area contributed by atoms with E-state index in [0.717, 1.165) is 18.8 Å². The lowest BCUT2D eigenvalue weighted by atomic mass is 9.96. The summed E-state index contributed by atoms with van der Waals surface area (Å²) in [6.07, 6.45) is 4.82. The van der Waals surface area contributed by atoms with E-state index in [2.05, 4.69) is 32.0 Å². The topological polar surface area (TPSA) is 0 Å². The van der Waals surface area contributed by atoms with Gasteiger partial charge in [-0.3, -0.25) is 0 Å². The molecule has 1 atom stereocenters. The third kappa shape index (κ3) is 2.36. The van der Waals surface area contributed by atoms with Gasteiger partial charge in [-0.1, -0.05) is 32.0 Å².